The Morgan fingerprint density at radius 2 is 1.90 bits per heavy atom. The van der Waals surface area contributed by atoms with Crippen LogP contribution in [0.1, 0.15) is 23.2 Å². The highest BCUT2D eigenvalue weighted by Crippen LogP contribution is 2.57. The molecule has 0 unspecified atom stereocenters. The number of nitrogens with one attached hydrogen (secondary N) is 1. The molecule has 1 saturated heterocycles. The number of ketones is 1. The highest BCUT2D eigenvalue weighted by Gasteiger charge is 2.63. The van der Waals surface area contributed by atoms with Crippen molar-refractivity contribution in [3.8, 4) is 11.5 Å². The van der Waals surface area contributed by atoms with Crippen LogP contribution in [0.2, 0.25) is 0 Å². The van der Waals surface area contributed by atoms with Crippen molar-refractivity contribution < 1.29 is 28.6 Å². The van der Waals surface area contributed by atoms with Gasteiger partial charge in [0.1, 0.15) is 17.6 Å². The van der Waals surface area contributed by atoms with Crippen molar-refractivity contribution in [2.45, 2.75) is 18.9 Å². The van der Waals surface area contributed by atoms with Crippen LogP contribution >= 0.6 is 0 Å². The van der Waals surface area contributed by atoms with Crippen LogP contribution in [0, 0.1) is 23.7 Å². The molecule has 2 aliphatic carbocycles. The van der Waals surface area contributed by atoms with E-state index in [-0.39, 0.29) is 54.0 Å². The van der Waals surface area contributed by atoms with E-state index < -0.39 is 0 Å². The van der Waals surface area contributed by atoms with Crippen molar-refractivity contribution in [2.75, 3.05) is 19.0 Å². The molecule has 31 heavy (non-hydrogen) atoms. The Morgan fingerprint density at radius 3 is 2.68 bits per heavy atom. The number of carbonyl (C=O) groups is 3. The summed E-state index contributed by atoms with van der Waals surface area (Å²) < 4.78 is 16.1. The number of ether oxygens (including phenoxy) is 3. The van der Waals surface area contributed by atoms with Crippen LogP contribution in [0.15, 0.2) is 48.5 Å². The number of amides is 1. The zero-order chi connectivity index (χ0) is 21.5. The van der Waals surface area contributed by atoms with E-state index in [0.29, 0.717) is 22.7 Å². The molecule has 160 valence electrons. The number of fused-ring (bicyclic) bond motifs is 1. The lowest BCUT2D eigenvalue weighted by molar-refractivity contribution is -0.145. The molecule has 0 spiro atoms. The van der Waals surface area contributed by atoms with Crippen LogP contribution in [-0.2, 0) is 14.3 Å². The number of hydrogen-bond acceptors (Lipinski definition) is 6. The standard InChI is InChI=1S/C24H23NO6/c1-29-17-4-2-3-13(9-17)19(26)12-30-16-7-5-15(6-8-16)25-23(27)21-14-10-18-20(11-14)31-24(28)22(18)21/h2-9,14,18,20-22H,10-12H2,1H3,(H,25,27)/t14-,18+,20+,21-,22+/m1/s1. The van der Waals surface area contributed by atoms with Crippen molar-refractivity contribution >= 4 is 23.3 Å². The summed E-state index contributed by atoms with van der Waals surface area (Å²) in [6, 6.07) is 13.8. The van der Waals surface area contributed by atoms with Crippen molar-refractivity contribution in [3.63, 3.8) is 0 Å². The summed E-state index contributed by atoms with van der Waals surface area (Å²) in [4.78, 5) is 37.3. The molecule has 7 heteroatoms. The summed E-state index contributed by atoms with van der Waals surface area (Å²) in [5.41, 5.74) is 1.14. The van der Waals surface area contributed by atoms with Gasteiger partial charge in [-0.05, 0) is 55.2 Å². The second-order valence-electron chi connectivity index (χ2n) is 8.38. The topological polar surface area (TPSA) is 90.9 Å². The molecule has 7 nitrogen and oxygen atoms in total. The average Bonchev–Trinajstić information content (AvgIpc) is 3.41. The summed E-state index contributed by atoms with van der Waals surface area (Å²) >= 11 is 0. The first-order chi connectivity index (χ1) is 15.0. The molecule has 2 aromatic carbocycles. The van der Waals surface area contributed by atoms with Crippen LogP contribution in [0.3, 0.4) is 0 Å². The van der Waals surface area contributed by atoms with E-state index in [1.807, 2.05) is 0 Å². The fourth-order valence-electron chi connectivity index (χ4n) is 5.25. The van der Waals surface area contributed by atoms with Crippen LogP contribution in [-0.4, -0.2) is 37.5 Å². The van der Waals surface area contributed by atoms with E-state index >= 15 is 0 Å². The van der Waals surface area contributed by atoms with Crippen molar-refractivity contribution in [1.82, 2.24) is 0 Å². The van der Waals surface area contributed by atoms with Gasteiger partial charge < -0.3 is 19.5 Å². The van der Waals surface area contributed by atoms with E-state index in [1.54, 1.807) is 55.6 Å². The second kappa shape index (κ2) is 7.72. The Kier molecular flexibility index (Phi) is 4.88. The number of carbonyl (C=O) groups excluding carboxylic acids is 3. The average molecular weight is 421 g/mol. The second-order valence-corrected chi connectivity index (χ2v) is 8.38. The third-order valence-electron chi connectivity index (χ3n) is 6.67. The molecule has 1 amide bonds. The van der Waals surface area contributed by atoms with Crippen molar-refractivity contribution in [3.05, 3.63) is 54.1 Å². The van der Waals surface area contributed by atoms with E-state index in [1.165, 1.54) is 0 Å². The van der Waals surface area contributed by atoms with Crippen molar-refractivity contribution in [2.24, 2.45) is 23.7 Å². The largest absolute Gasteiger partial charge is 0.497 e. The smallest absolute Gasteiger partial charge is 0.310 e. The number of Topliss-reactive ketones (excluding diaryl/α,β-unsaturated/α-hetero) is 1. The quantitative estimate of drug-likeness (QED) is 0.546. The molecule has 5 atom stereocenters. The first kappa shape index (κ1) is 19.6. The lowest BCUT2D eigenvalue weighted by Crippen LogP contribution is -2.35. The fraction of sp³-hybridized carbons (Fsp3) is 0.375. The molecule has 0 aromatic heterocycles. The highest BCUT2D eigenvalue weighted by atomic mass is 16.6. The van der Waals surface area contributed by atoms with Crippen LogP contribution in [0.25, 0.3) is 0 Å². The number of anilines is 1. The summed E-state index contributed by atoms with van der Waals surface area (Å²) in [6.07, 6.45) is 1.70. The van der Waals surface area contributed by atoms with Gasteiger partial charge in [0.25, 0.3) is 0 Å². The lowest BCUT2D eigenvalue weighted by atomic mass is 9.79. The molecule has 2 aromatic rings. The summed E-state index contributed by atoms with van der Waals surface area (Å²) in [6.45, 7) is -0.102. The third-order valence-corrected chi connectivity index (χ3v) is 6.67. The Balaban J connectivity index is 1.17. The number of hydrogen-bond donors (Lipinski definition) is 1. The zero-order valence-corrected chi connectivity index (χ0v) is 17.1. The molecule has 5 rings (SSSR count). The number of rotatable bonds is 7. The normalized spacial score (nSPS) is 27.6. The Bertz CT molecular complexity index is 1030. The summed E-state index contributed by atoms with van der Waals surface area (Å²) in [5.74, 6) is 0.439. The molecule has 2 saturated carbocycles. The van der Waals surface area contributed by atoms with Gasteiger partial charge in [-0.15, -0.1) is 0 Å². The predicted molar refractivity (Wildman–Crippen MR) is 111 cm³/mol. The van der Waals surface area contributed by atoms with Gasteiger partial charge in [-0.25, -0.2) is 0 Å². The number of benzene rings is 2. The van der Waals surface area contributed by atoms with Crippen LogP contribution in [0.4, 0.5) is 5.69 Å². The SMILES string of the molecule is COc1cccc(C(=O)COc2ccc(NC(=O)[C@@H]3[C@@H]4C[C@@H]5[C@@H]3C(=O)O[C@H]5C4)cc2)c1. The van der Waals surface area contributed by atoms with Gasteiger partial charge >= 0.3 is 5.97 Å². The molecular formula is C24H23NO6. The van der Waals surface area contributed by atoms with E-state index in [9.17, 15) is 14.4 Å². The molecule has 3 aliphatic rings. The lowest BCUT2D eigenvalue weighted by Gasteiger charge is -2.23. The highest BCUT2D eigenvalue weighted by molar-refractivity contribution is 5.98. The zero-order valence-electron chi connectivity index (χ0n) is 17.1. The maximum absolute atomic E-state index is 12.8. The Morgan fingerprint density at radius 1 is 1.10 bits per heavy atom. The third kappa shape index (κ3) is 3.54. The molecule has 1 N–H and O–H groups in total. The number of esters is 1. The van der Waals surface area contributed by atoms with E-state index in [4.69, 9.17) is 14.2 Å². The van der Waals surface area contributed by atoms with Crippen molar-refractivity contribution in [1.29, 1.82) is 0 Å². The molecule has 3 fully saturated rings. The summed E-state index contributed by atoms with van der Waals surface area (Å²) in [7, 11) is 1.55. The first-order valence-corrected chi connectivity index (χ1v) is 10.4. The first-order valence-electron chi connectivity index (χ1n) is 10.4. The maximum Gasteiger partial charge on any atom is 0.310 e. The van der Waals surface area contributed by atoms with Crippen LogP contribution < -0.4 is 14.8 Å². The van der Waals surface area contributed by atoms with Gasteiger partial charge in [-0.2, -0.15) is 0 Å². The van der Waals surface area contributed by atoms with Gasteiger partial charge in [0.15, 0.2) is 12.4 Å². The van der Waals surface area contributed by atoms with Crippen LogP contribution in [0.5, 0.6) is 11.5 Å². The number of methoxy groups -OCH3 is 1. The minimum absolute atomic E-state index is 0.0164. The molecule has 1 heterocycles. The molecule has 2 bridgehead atoms. The van der Waals surface area contributed by atoms with Gasteiger partial charge in [0, 0.05) is 17.2 Å². The minimum Gasteiger partial charge on any atom is -0.497 e. The molecular weight excluding hydrogens is 398 g/mol. The minimum atomic E-state index is -0.312. The van der Waals surface area contributed by atoms with Gasteiger partial charge in [-0.1, -0.05) is 12.1 Å². The van der Waals surface area contributed by atoms with E-state index in [2.05, 4.69) is 5.32 Å². The fourth-order valence-corrected chi connectivity index (χ4v) is 5.25. The molecule has 1 aliphatic heterocycles. The predicted octanol–water partition coefficient (Wildman–Crippen LogP) is 3.09. The summed E-state index contributed by atoms with van der Waals surface area (Å²) in [5, 5.41) is 2.92. The van der Waals surface area contributed by atoms with Gasteiger partial charge in [0.2, 0.25) is 5.91 Å². The Labute approximate surface area is 179 Å². The molecule has 0 radical (unpaired) electrons. The maximum atomic E-state index is 12.8. The van der Waals surface area contributed by atoms with E-state index in [0.717, 1.165) is 12.8 Å². The monoisotopic (exact) mass is 421 g/mol. The van der Waals surface area contributed by atoms with Gasteiger partial charge in [0.05, 0.1) is 18.9 Å². The Hall–Kier alpha value is -3.35. The van der Waals surface area contributed by atoms with Gasteiger partial charge in [-0.3, -0.25) is 14.4 Å².